The van der Waals surface area contributed by atoms with E-state index in [0.717, 1.165) is 11.6 Å². The van der Waals surface area contributed by atoms with Gasteiger partial charge in [-0.2, -0.15) is 3.97 Å². The van der Waals surface area contributed by atoms with Gasteiger partial charge in [0.05, 0.1) is 11.1 Å². The molecule has 0 spiro atoms. The molecule has 0 unspecified atom stereocenters. The van der Waals surface area contributed by atoms with Crippen LogP contribution in [0.25, 0.3) is 10.8 Å². The van der Waals surface area contributed by atoms with Gasteiger partial charge in [-0.15, -0.1) is 0 Å². The Hall–Kier alpha value is -2.25. The van der Waals surface area contributed by atoms with Crippen molar-refractivity contribution < 1.29 is 13.5 Å². The highest BCUT2D eigenvalue weighted by molar-refractivity contribution is 7.90. The lowest BCUT2D eigenvalue weighted by Crippen LogP contribution is -2.24. The first-order valence-corrected chi connectivity index (χ1v) is 7.65. The molecule has 2 N–H and O–H groups in total. The number of hydrogen-bond acceptors (Lipinski definition) is 4. The van der Waals surface area contributed by atoms with Crippen molar-refractivity contribution in [1.82, 2.24) is 8.96 Å². The van der Waals surface area contributed by atoms with E-state index in [1.54, 1.807) is 24.3 Å². The fourth-order valence-electron chi connectivity index (χ4n) is 2.01. The molecule has 3 rings (SSSR count). The van der Waals surface area contributed by atoms with Crippen molar-refractivity contribution in [1.29, 1.82) is 0 Å². The molecular formula is C13H9ClN2O4S. The third-order valence-electron chi connectivity index (χ3n) is 3.01. The second kappa shape index (κ2) is 4.64. The Morgan fingerprint density at radius 1 is 1.10 bits per heavy atom. The summed E-state index contributed by atoms with van der Waals surface area (Å²) in [7, 11) is -4.07. The fraction of sp³-hybridized carbons (Fsp3) is 0. The highest BCUT2D eigenvalue weighted by Gasteiger charge is 2.20. The first-order chi connectivity index (χ1) is 9.88. The van der Waals surface area contributed by atoms with Gasteiger partial charge in [0.25, 0.3) is 10.0 Å². The molecule has 8 heteroatoms. The zero-order chi connectivity index (χ0) is 15.2. The summed E-state index contributed by atoms with van der Waals surface area (Å²) in [6.45, 7) is 0. The van der Waals surface area contributed by atoms with E-state index in [-0.39, 0.29) is 4.90 Å². The van der Waals surface area contributed by atoms with Crippen LogP contribution >= 0.6 is 11.6 Å². The highest BCUT2D eigenvalue weighted by Crippen LogP contribution is 2.23. The van der Waals surface area contributed by atoms with Gasteiger partial charge < -0.3 is 5.11 Å². The maximum absolute atomic E-state index is 12.4. The summed E-state index contributed by atoms with van der Waals surface area (Å²) in [6, 6.07) is 9.47. The standard InChI is InChI=1S/C13H9ClN2O4S/c14-10-3-1-9-6-11(4-2-8(9)5-10)21(19,20)16-7-12(17)15-13(16)18/h1-7,17H,(H,15,18). The van der Waals surface area contributed by atoms with Crippen LogP contribution in [0.1, 0.15) is 0 Å². The van der Waals surface area contributed by atoms with Crippen LogP contribution < -0.4 is 5.69 Å². The van der Waals surface area contributed by atoms with Gasteiger partial charge >= 0.3 is 5.69 Å². The molecule has 0 saturated heterocycles. The summed E-state index contributed by atoms with van der Waals surface area (Å²) in [5.41, 5.74) is -0.927. The summed E-state index contributed by atoms with van der Waals surface area (Å²) in [6.07, 6.45) is 0.823. The molecule has 0 fully saturated rings. The topological polar surface area (TPSA) is 92.2 Å². The van der Waals surface area contributed by atoms with Gasteiger partial charge in [-0.05, 0) is 35.0 Å². The van der Waals surface area contributed by atoms with Crippen LogP contribution in [0.3, 0.4) is 0 Å². The van der Waals surface area contributed by atoms with Crippen molar-refractivity contribution in [3.05, 3.63) is 58.1 Å². The Kier molecular flexibility index (Phi) is 3.03. The lowest BCUT2D eigenvalue weighted by molar-refractivity contribution is 0.455. The second-order valence-corrected chi connectivity index (χ2v) is 6.65. The molecule has 0 aliphatic heterocycles. The summed E-state index contributed by atoms with van der Waals surface area (Å²) >= 11 is 5.87. The quantitative estimate of drug-likeness (QED) is 0.753. The molecule has 0 aliphatic carbocycles. The lowest BCUT2D eigenvalue weighted by atomic mass is 10.1. The number of rotatable bonds is 2. The number of imidazole rings is 1. The van der Waals surface area contributed by atoms with Gasteiger partial charge in [-0.1, -0.05) is 23.7 Å². The van der Waals surface area contributed by atoms with E-state index in [1.165, 1.54) is 12.1 Å². The minimum Gasteiger partial charge on any atom is -0.493 e. The number of benzene rings is 2. The first kappa shape index (κ1) is 13.7. The first-order valence-electron chi connectivity index (χ1n) is 5.83. The molecule has 2 aromatic carbocycles. The van der Waals surface area contributed by atoms with Gasteiger partial charge in [0.1, 0.15) is 0 Å². The SMILES string of the molecule is O=c1[nH]c(O)cn1S(=O)(=O)c1ccc2cc(Cl)ccc2c1. The van der Waals surface area contributed by atoms with Crippen LogP contribution in [0.15, 0.2) is 52.3 Å². The molecule has 108 valence electrons. The number of halogens is 1. The van der Waals surface area contributed by atoms with Crippen molar-refractivity contribution >= 4 is 32.4 Å². The van der Waals surface area contributed by atoms with E-state index < -0.39 is 21.6 Å². The molecule has 1 heterocycles. The molecule has 21 heavy (non-hydrogen) atoms. The van der Waals surface area contributed by atoms with Gasteiger partial charge in [0, 0.05) is 5.02 Å². The summed E-state index contributed by atoms with van der Waals surface area (Å²) in [5, 5.41) is 11.2. The normalized spacial score (nSPS) is 11.9. The minimum absolute atomic E-state index is 0.0570. The number of fused-ring (bicyclic) bond motifs is 1. The average Bonchev–Trinajstić information content (AvgIpc) is 2.77. The second-order valence-electron chi connectivity index (χ2n) is 4.40. The Labute approximate surface area is 124 Å². The summed E-state index contributed by atoms with van der Waals surface area (Å²) < 4.78 is 25.2. The van der Waals surface area contributed by atoms with Gasteiger partial charge in [0.15, 0.2) is 0 Å². The van der Waals surface area contributed by atoms with Gasteiger partial charge in [0.2, 0.25) is 5.88 Å². The Balaban J connectivity index is 2.22. The molecule has 0 amide bonds. The van der Waals surface area contributed by atoms with Crippen LogP contribution in [0.5, 0.6) is 5.88 Å². The lowest BCUT2D eigenvalue weighted by Gasteiger charge is -2.06. The third-order valence-corrected chi connectivity index (χ3v) is 4.88. The maximum atomic E-state index is 12.4. The average molecular weight is 325 g/mol. The zero-order valence-electron chi connectivity index (χ0n) is 10.4. The number of H-pyrrole nitrogens is 1. The van der Waals surface area contributed by atoms with Crippen molar-refractivity contribution in [2.75, 3.05) is 0 Å². The molecule has 3 aromatic rings. The largest absolute Gasteiger partial charge is 0.493 e. The van der Waals surface area contributed by atoms with E-state index in [9.17, 15) is 18.3 Å². The van der Waals surface area contributed by atoms with Crippen LogP contribution in [-0.2, 0) is 10.0 Å². The smallest absolute Gasteiger partial charge is 0.342 e. The maximum Gasteiger partial charge on any atom is 0.342 e. The number of nitrogens with one attached hydrogen (secondary N) is 1. The molecule has 0 aliphatic rings. The minimum atomic E-state index is -4.07. The van der Waals surface area contributed by atoms with Crippen molar-refractivity contribution in [2.24, 2.45) is 0 Å². The van der Waals surface area contributed by atoms with Crippen LogP contribution in [0.2, 0.25) is 5.02 Å². The Morgan fingerprint density at radius 3 is 2.43 bits per heavy atom. The van der Waals surface area contributed by atoms with Crippen LogP contribution in [0.4, 0.5) is 0 Å². The van der Waals surface area contributed by atoms with E-state index in [2.05, 4.69) is 0 Å². The number of aromatic hydroxyl groups is 1. The molecule has 6 nitrogen and oxygen atoms in total. The Morgan fingerprint density at radius 2 is 1.76 bits per heavy atom. The summed E-state index contributed by atoms with van der Waals surface area (Å²) in [5.74, 6) is -0.517. The number of hydrogen-bond donors (Lipinski definition) is 2. The van der Waals surface area contributed by atoms with Crippen LogP contribution in [0, 0.1) is 0 Å². The van der Waals surface area contributed by atoms with Crippen LogP contribution in [-0.4, -0.2) is 22.5 Å². The predicted octanol–water partition coefficient (Wildman–Crippen LogP) is 1.93. The Bertz CT molecular complexity index is 1000. The van der Waals surface area contributed by atoms with E-state index in [0.29, 0.717) is 14.4 Å². The zero-order valence-corrected chi connectivity index (χ0v) is 12.0. The fourth-order valence-corrected chi connectivity index (χ4v) is 3.44. The molecule has 0 radical (unpaired) electrons. The van der Waals surface area contributed by atoms with Crippen molar-refractivity contribution in [2.45, 2.75) is 4.90 Å². The van der Waals surface area contributed by atoms with E-state index in [1.807, 2.05) is 4.98 Å². The van der Waals surface area contributed by atoms with E-state index in [4.69, 9.17) is 11.6 Å². The molecule has 1 aromatic heterocycles. The monoisotopic (exact) mass is 324 g/mol. The van der Waals surface area contributed by atoms with Crippen molar-refractivity contribution in [3.63, 3.8) is 0 Å². The number of nitrogens with zero attached hydrogens (tertiary/aromatic N) is 1. The number of aromatic nitrogens is 2. The molecule has 0 atom stereocenters. The molecule has 0 bridgehead atoms. The van der Waals surface area contributed by atoms with E-state index >= 15 is 0 Å². The van der Waals surface area contributed by atoms with Gasteiger partial charge in [-0.25, -0.2) is 13.2 Å². The third kappa shape index (κ3) is 2.30. The van der Waals surface area contributed by atoms with Crippen molar-refractivity contribution in [3.8, 4) is 5.88 Å². The predicted molar refractivity (Wildman–Crippen MR) is 78.3 cm³/mol. The van der Waals surface area contributed by atoms with Gasteiger partial charge in [-0.3, -0.25) is 4.98 Å². The highest BCUT2D eigenvalue weighted by atomic mass is 35.5. The summed E-state index contributed by atoms with van der Waals surface area (Å²) in [4.78, 5) is 13.5. The molecule has 0 saturated carbocycles. The molecular weight excluding hydrogens is 316 g/mol. The number of aromatic amines is 1.